The molecule has 0 aliphatic heterocycles. The van der Waals surface area contributed by atoms with E-state index in [9.17, 15) is 39.6 Å². The average Bonchev–Trinajstić information content (AvgIpc) is 3.08. The Bertz CT molecular complexity index is 2120. The molecule has 0 aliphatic rings. The summed E-state index contributed by atoms with van der Waals surface area (Å²) in [7, 11) is -7.14. The number of carboxylic acids is 2. The smallest absolute Gasteiger partial charge is 0.417 e. The standard InChI is InChI=1S/C17H14ClF3O5S.C17H17ClO5S/c1-2-27(24,25)11-4-5-12(14(8-11)17(19,20)21)13-7-10(18)3-6-15(13)26-9-16(22)23;1-3-24(21,22)14-7-4-12(5-8-14)15-10-13(18)6-9-16(15)23-11(2)17(19)20/h3-8H,2,9H2,1H3,(H,22,23);4-11H,3H2,1-2H3,(H,19,20). The monoisotopic (exact) mass is 790 g/mol. The minimum absolute atomic E-state index is 0.0218. The van der Waals surface area contributed by atoms with Gasteiger partial charge in [-0.1, -0.05) is 55.2 Å². The topological polar surface area (TPSA) is 161 Å². The number of ether oxygens (including phenoxy) is 2. The van der Waals surface area contributed by atoms with Crippen LogP contribution in [0, 0.1) is 0 Å². The lowest BCUT2D eigenvalue weighted by atomic mass is 9.98. The minimum atomic E-state index is -4.86. The lowest BCUT2D eigenvalue weighted by molar-refractivity contribution is -0.144. The molecule has 0 fully saturated rings. The van der Waals surface area contributed by atoms with Crippen LogP contribution in [0.25, 0.3) is 22.3 Å². The number of sulfone groups is 2. The van der Waals surface area contributed by atoms with Gasteiger partial charge in [-0.2, -0.15) is 13.2 Å². The molecule has 4 aromatic rings. The van der Waals surface area contributed by atoms with E-state index >= 15 is 0 Å². The van der Waals surface area contributed by atoms with Gasteiger partial charge in [0.25, 0.3) is 0 Å². The average molecular weight is 792 g/mol. The zero-order valence-corrected chi connectivity index (χ0v) is 30.2. The summed E-state index contributed by atoms with van der Waals surface area (Å²) >= 11 is 11.9. The molecule has 17 heteroatoms. The highest BCUT2D eigenvalue weighted by atomic mass is 35.5. The molecule has 0 bridgehead atoms. The predicted molar refractivity (Wildman–Crippen MR) is 185 cm³/mol. The van der Waals surface area contributed by atoms with E-state index < -0.39 is 61.0 Å². The molecule has 51 heavy (non-hydrogen) atoms. The molecule has 0 spiro atoms. The van der Waals surface area contributed by atoms with Crippen molar-refractivity contribution in [3.8, 4) is 33.8 Å². The van der Waals surface area contributed by atoms with Gasteiger partial charge in [-0.05, 0) is 78.7 Å². The molecule has 0 radical (unpaired) electrons. The van der Waals surface area contributed by atoms with E-state index in [1.54, 1.807) is 37.3 Å². The summed E-state index contributed by atoms with van der Waals surface area (Å²) in [5.74, 6) is -2.49. The summed E-state index contributed by atoms with van der Waals surface area (Å²) in [5.41, 5.74) is -0.396. The number of aliphatic carboxylic acids is 2. The number of carboxylic acid groups (broad SMARTS) is 2. The van der Waals surface area contributed by atoms with Gasteiger partial charge in [0, 0.05) is 21.2 Å². The van der Waals surface area contributed by atoms with E-state index in [0.717, 1.165) is 12.1 Å². The Morgan fingerprint density at radius 1 is 0.725 bits per heavy atom. The van der Waals surface area contributed by atoms with E-state index in [1.807, 2.05) is 0 Å². The van der Waals surface area contributed by atoms with Crippen LogP contribution >= 0.6 is 23.2 Å². The lowest BCUT2D eigenvalue weighted by Crippen LogP contribution is -2.23. The fourth-order valence-corrected chi connectivity index (χ4v) is 6.55. The van der Waals surface area contributed by atoms with Gasteiger partial charge in [0.1, 0.15) is 11.5 Å². The van der Waals surface area contributed by atoms with Crippen LogP contribution in [0.1, 0.15) is 26.3 Å². The minimum Gasteiger partial charge on any atom is -0.481 e. The van der Waals surface area contributed by atoms with Crippen LogP contribution < -0.4 is 9.47 Å². The van der Waals surface area contributed by atoms with Crippen molar-refractivity contribution in [3.05, 3.63) is 94.5 Å². The molecule has 0 heterocycles. The Balaban J connectivity index is 0.000000277. The Morgan fingerprint density at radius 3 is 1.75 bits per heavy atom. The van der Waals surface area contributed by atoms with Crippen molar-refractivity contribution in [2.45, 2.75) is 42.8 Å². The molecular weight excluding hydrogens is 760 g/mol. The SMILES string of the molecule is CCS(=O)(=O)c1ccc(-c2cc(Cl)ccc2OC(C)C(=O)O)cc1.CCS(=O)(=O)c1ccc(-c2cc(Cl)ccc2OCC(=O)O)c(C(F)(F)F)c1. The highest BCUT2D eigenvalue weighted by molar-refractivity contribution is 7.91. The fourth-order valence-electron chi connectivity index (χ4n) is 4.41. The van der Waals surface area contributed by atoms with Crippen molar-refractivity contribution >= 4 is 54.8 Å². The summed E-state index contributed by atoms with van der Waals surface area (Å²) in [6.45, 7) is 3.57. The van der Waals surface area contributed by atoms with E-state index in [1.165, 1.54) is 44.2 Å². The number of hydrogen-bond acceptors (Lipinski definition) is 8. The third-order valence-electron chi connectivity index (χ3n) is 7.12. The summed E-state index contributed by atoms with van der Waals surface area (Å²) in [4.78, 5) is 21.5. The van der Waals surface area contributed by atoms with Gasteiger partial charge in [0.05, 0.1) is 26.9 Å². The van der Waals surface area contributed by atoms with Crippen molar-refractivity contribution in [2.24, 2.45) is 0 Å². The number of hydrogen-bond donors (Lipinski definition) is 2. The van der Waals surface area contributed by atoms with Gasteiger partial charge in [0.15, 0.2) is 32.4 Å². The first kappa shape index (κ1) is 41.1. The molecule has 4 rings (SSSR count). The second-order valence-corrected chi connectivity index (χ2v) is 16.0. The van der Waals surface area contributed by atoms with Crippen LogP contribution in [0.3, 0.4) is 0 Å². The third-order valence-corrected chi connectivity index (χ3v) is 11.1. The van der Waals surface area contributed by atoms with Crippen molar-refractivity contribution in [1.29, 1.82) is 0 Å². The number of rotatable bonds is 12. The zero-order valence-electron chi connectivity index (χ0n) is 27.1. The Hall–Kier alpha value is -4.31. The number of alkyl halides is 3. The third kappa shape index (κ3) is 10.8. The maximum atomic E-state index is 13.6. The van der Waals surface area contributed by atoms with E-state index in [-0.39, 0.29) is 38.3 Å². The van der Waals surface area contributed by atoms with E-state index in [4.69, 9.17) is 42.9 Å². The number of benzene rings is 4. The first-order chi connectivity index (χ1) is 23.7. The highest BCUT2D eigenvalue weighted by Gasteiger charge is 2.36. The van der Waals surface area contributed by atoms with Crippen molar-refractivity contribution < 1.29 is 59.3 Å². The van der Waals surface area contributed by atoms with Crippen LogP contribution in [0.2, 0.25) is 10.0 Å². The van der Waals surface area contributed by atoms with Crippen LogP contribution in [0.15, 0.2) is 88.7 Å². The van der Waals surface area contributed by atoms with Crippen LogP contribution in [-0.2, 0) is 35.4 Å². The molecule has 2 N–H and O–H groups in total. The van der Waals surface area contributed by atoms with Crippen LogP contribution in [-0.4, -0.2) is 63.2 Å². The van der Waals surface area contributed by atoms with E-state index in [2.05, 4.69) is 0 Å². The molecule has 1 unspecified atom stereocenters. The maximum Gasteiger partial charge on any atom is 0.417 e. The second-order valence-electron chi connectivity index (χ2n) is 10.6. The normalized spacial score (nSPS) is 12.3. The van der Waals surface area contributed by atoms with E-state index in [0.29, 0.717) is 28.0 Å². The van der Waals surface area contributed by atoms with Crippen molar-refractivity contribution in [3.63, 3.8) is 0 Å². The number of halogens is 5. The molecular formula is C34H31Cl2F3O10S2. The van der Waals surface area contributed by atoms with Crippen molar-refractivity contribution in [1.82, 2.24) is 0 Å². The first-order valence-corrected chi connectivity index (χ1v) is 18.9. The predicted octanol–water partition coefficient (Wildman–Crippen LogP) is 7.94. The van der Waals surface area contributed by atoms with Gasteiger partial charge in [0.2, 0.25) is 0 Å². The second kappa shape index (κ2) is 16.8. The molecule has 0 aromatic heterocycles. The molecule has 1 atom stereocenters. The van der Waals surface area contributed by atoms with Gasteiger partial charge < -0.3 is 19.7 Å². The Labute approximate surface area is 302 Å². The van der Waals surface area contributed by atoms with Crippen LogP contribution in [0.5, 0.6) is 11.5 Å². The van der Waals surface area contributed by atoms with Crippen LogP contribution in [0.4, 0.5) is 13.2 Å². The number of carbonyl (C=O) groups is 2. The van der Waals surface area contributed by atoms with Gasteiger partial charge in [-0.15, -0.1) is 0 Å². The Kier molecular flexibility index (Phi) is 13.5. The molecule has 0 amide bonds. The Morgan fingerprint density at radius 2 is 1.24 bits per heavy atom. The molecule has 10 nitrogen and oxygen atoms in total. The molecule has 0 saturated heterocycles. The molecule has 0 saturated carbocycles. The van der Waals surface area contributed by atoms with Gasteiger partial charge >= 0.3 is 18.1 Å². The van der Waals surface area contributed by atoms with Crippen molar-refractivity contribution in [2.75, 3.05) is 18.1 Å². The molecule has 4 aromatic carbocycles. The quantitative estimate of drug-likeness (QED) is 0.144. The van der Waals surface area contributed by atoms with Gasteiger partial charge in [-0.25, -0.2) is 26.4 Å². The summed E-state index contributed by atoms with van der Waals surface area (Å²) in [6, 6.07) is 17.6. The lowest BCUT2D eigenvalue weighted by Gasteiger charge is -2.17. The van der Waals surface area contributed by atoms with Gasteiger partial charge in [-0.3, -0.25) is 0 Å². The molecule has 0 aliphatic carbocycles. The zero-order chi connectivity index (χ0) is 38.3. The fraction of sp³-hybridized carbons (Fsp3) is 0.235. The first-order valence-electron chi connectivity index (χ1n) is 14.8. The summed E-state index contributed by atoms with van der Waals surface area (Å²) in [5, 5.41) is 18.3. The summed E-state index contributed by atoms with van der Waals surface area (Å²) in [6.07, 6.45) is -5.88. The summed E-state index contributed by atoms with van der Waals surface area (Å²) < 4.78 is 98.9. The molecule has 274 valence electrons. The largest absolute Gasteiger partial charge is 0.481 e. The highest BCUT2D eigenvalue weighted by Crippen LogP contribution is 2.42. The maximum absolute atomic E-state index is 13.6.